The highest BCUT2D eigenvalue weighted by Crippen LogP contribution is 2.26. The van der Waals surface area contributed by atoms with E-state index in [1.165, 1.54) is 30.5 Å². The molecule has 2 unspecified atom stereocenters. The van der Waals surface area contributed by atoms with Gasteiger partial charge in [0.2, 0.25) is 10.0 Å². The Kier molecular flexibility index (Phi) is 7.30. The lowest BCUT2D eigenvalue weighted by Gasteiger charge is -2.38. The van der Waals surface area contributed by atoms with E-state index in [1.54, 1.807) is 37.4 Å². The van der Waals surface area contributed by atoms with Crippen LogP contribution in [0.5, 0.6) is 0 Å². The Morgan fingerprint density at radius 3 is 2.52 bits per heavy atom. The highest BCUT2D eigenvalue weighted by atomic mass is 32.2. The fourth-order valence-corrected chi connectivity index (χ4v) is 4.71. The Hall–Kier alpha value is -2.49. The van der Waals surface area contributed by atoms with E-state index >= 15 is 0 Å². The second kappa shape index (κ2) is 9.76. The second-order valence-electron chi connectivity index (χ2n) is 7.69. The van der Waals surface area contributed by atoms with Crippen LogP contribution in [0, 0.1) is 5.82 Å². The smallest absolute Gasteiger partial charge is 0.242 e. The van der Waals surface area contributed by atoms with Gasteiger partial charge in [-0.15, -0.1) is 0 Å². The average Bonchev–Trinajstić information content (AvgIpc) is 2.74. The Bertz CT molecular complexity index is 1030. The molecule has 1 heterocycles. The molecule has 2 atom stereocenters. The molecule has 0 aliphatic carbocycles. The number of morpholine rings is 1. The zero-order chi connectivity index (χ0) is 22.6. The number of ether oxygens (including phenoxy) is 1. The van der Waals surface area contributed by atoms with Crippen LogP contribution in [0.3, 0.4) is 0 Å². The summed E-state index contributed by atoms with van der Waals surface area (Å²) in [6, 6.07) is 13.2. The molecule has 2 aromatic rings. The minimum atomic E-state index is -3.55. The summed E-state index contributed by atoms with van der Waals surface area (Å²) < 4.78 is 45.9. The predicted molar refractivity (Wildman–Crippen MR) is 119 cm³/mol. The van der Waals surface area contributed by atoms with Gasteiger partial charge in [-0.1, -0.05) is 30.3 Å². The molecule has 0 amide bonds. The quantitative estimate of drug-likeness (QED) is 0.562. The van der Waals surface area contributed by atoms with Crippen LogP contribution in [0.4, 0.5) is 4.39 Å². The summed E-state index contributed by atoms with van der Waals surface area (Å²) in [5.74, 6) is 0.368. The minimum absolute atomic E-state index is 0.0521. The van der Waals surface area contributed by atoms with Crippen LogP contribution in [0.25, 0.3) is 0 Å². The fourth-order valence-electron chi connectivity index (χ4n) is 3.59. The molecular weight excluding hydrogens is 419 g/mol. The highest BCUT2D eigenvalue weighted by molar-refractivity contribution is 7.89. The largest absolute Gasteiger partial charge is 0.367 e. The maximum atomic E-state index is 13.3. The van der Waals surface area contributed by atoms with Crippen molar-refractivity contribution in [1.82, 2.24) is 14.5 Å². The van der Waals surface area contributed by atoms with Gasteiger partial charge >= 0.3 is 0 Å². The number of benzene rings is 2. The monoisotopic (exact) mass is 448 g/mol. The molecule has 31 heavy (non-hydrogen) atoms. The maximum Gasteiger partial charge on any atom is 0.242 e. The molecule has 0 spiro atoms. The summed E-state index contributed by atoms with van der Waals surface area (Å²) in [7, 11) is 1.17. The molecule has 0 aromatic heterocycles. The molecule has 1 N–H and O–H groups in total. The topological polar surface area (TPSA) is 74.2 Å². The van der Waals surface area contributed by atoms with E-state index in [0.29, 0.717) is 31.2 Å². The second-order valence-corrected chi connectivity index (χ2v) is 9.81. The number of halogens is 1. The molecule has 2 aromatic carbocycles. The number of guanidine groups is 1. The van der Waals surface area contributed by atoms with Crippen molar-refractivity contribution in [1.29, 1.82) is 0 Å². The van der Waals surface area contributed by atoms with E-state index in [0.717, 1.165) is 5.56 Å². The number of hydrogen-bond donors (Lipinski definition) is 1. The molecule has 9 heteroatoms. The first kappa shape index (κ1) is 23.2. The van der Waals surface area contributed by atoms with Crippen molar-refractivity contribution < 1.29 is 17.5 Å². The number of nitrogens with zero attached hydrogens (tertiary/aromatic N) is 3. The van der Waals surface area contributed by atoms with Crippen molar-refractivity contribution in [3.05, 3.63) is 65.5 Å². The minimum Gasteiger partial charge on any atom is -0.367 e. The van der Waals surface area contributed by atoms with E-state index in [9.17, 15) is 12.8 Å². The van der Waals surface area contributed by atoms with Gasteiger partial charge in [-0.3, -0.25) is 4.99 Å². The molecule has 0 saturated carbocycles. The summed E-state index contributed by atoms with van der Waals surface area (Å²) in [4.78, 5) is 6.73. The van der Waals surface area contributed by atoms with Crippen molar-refractivity contribution >= 4 is 16.0 Å². The Labute approximate surface area is 183 Å². The predicted octanol–water partition coefficient (Wildman–Crippen LogP) is 2.61. The summed E-state index contributed by atoms with van der Waals surface area (Å²) in [6.07, 6.45) is -0.270. The van der Waals surface area contributed by atoms with Gasteiger partial charge in [-0.2, -0.15) is 0 Å². The van der Waals surface area contributed by atoms with Gasteiger partial charge in [-0.05, 0) is 36.2 Å². The van der Waals surface area contributed by atoms with Gasteiger partial charge in [-0.25, -0.2) is 17.1 Å². The van der Waals surface area contributed by atoms with Gasteiger partial charge in [0.15, 0.2) is 5.96 Å². The molecule has 3 rings (SSSR count). The summed E-state index contributed by atoms with van der Waals surface area (Å²) in [5, 5.41) is 3.29. The van der Waals surface area contributed by atoms with Crippen LogP contribution in [0.15, 0.2) is 58.4 Å². The van der Waals surface area contributed by atoms with Crippen molar-refractivity contribution in [3.63, 3.8) is 0 Å². The fraction of sp³-hybridized carbons (Fsp3) is 0.409. The van der Waals surface area contributed by atoms with E-state index in [4.69, 9.17) is 4.74 Å². The van der Waals surface area contributed by atoms with Gasteiger partial charge in [0.05, 0.1) is 17.5 Å². The molecule has 1 aliphatic heterocycles. The maximum absolute atomic E-state index is 13.3. The number of aliphatic imine (C=N–C) groups is 1. The van der Waals surface area contributed by atoms with Crippen LogP contribution in [0.2, 0.25) is 0 Å². The first-order valence-corrected chi connectivity index (χ1v) is 11.5. The standard InChI is InChI=1S/C22H29FN4O3S/c1-16-14-27(15-20(30-16)17-9-11-19(23)12-10-17)22(24-2)25-13-18-7-5-6-8-21(18)31(28,29)26(3)4/h5-12,16,20H,13-15H2,1-4H3,(H,24,25). The summed E-state index contributed by atoms with van der Waals surface area (Å²) in [5.41, 5.74) is 1.56. The van der Waals surface area contributed by atoms with E-state index in [1.807, 2.05) is 13.0 Å². The van der Waals surface area contributed by atoms with Crippen molar-refractivity contribution in [3.8, 4) is 0 Å². The van der Waals surface area contributed by atoms with Crippen LogP contribution in [-0.2, 0) is 21.3 Å². The first-order valence-electron chi connectivity index (χ1n) is 10.1. The molecular formula is C22H29FN4O3S. The number of nitrogens with one attached hydrogen (secondary N) is 1. The lowest BCUT2D eigenvalue weighted by atomic mass is 10.1. The third-order valence-corrected chi connectivity index (χ3v) is 7.10. The van der Waals surface area contributed by atoms with Gasteiger partial charge in [0, 0.05) is 34.2 Å². The van der Waals surface area contributed by atoms with Gasteiger partial charge in [0.25, 0.3) is 0 Å². The molecule has 7 nitrogen and oxygen atoms in total. The van der Waals surface area contributed by atoms with E-state index < -0.39 is 10.0 Å². The molecule has 1 aliphatic rings. The lowest BCUT2D eigenvalue weighted by Crippen LogP contribution is -2.50. The number of sulfonamides is 1. The van der Waals surface area contributed by atoms with Crippen LogP contribution in [0.1, 0.15) is 24.2 Å². The average molecular weight is 449 g/mol. The van der Waals surface area contributed by atoms with Crippen LogP contribution >= 0.6 is 0 Å². The van der Waals surface area contributed by atoms with E-state index in [2.05, 4.69) is 15.2 Å². The van der Waals surface area contributed by atoms with Crippen LogP contribution in [-0.4, -0.2) is 63.9 Å². The van der Waals surface area contributed by atoms with E-state index in [-0.39, 0.29) is 22.9 Å². The van der Waals surface area contributed by atoms with Crippen LogP contribution < -0.4 is 5.32 Å². The lowest BCUT2D eigenvalue weighted by molar-refractivity contribution is -0.0605. The molecule has 1 fully saturated rings. The summed E-state index contributed by atoms with van der Waals surface area (Å²) in [6.45, 7) is 3.47. The SMILES string of the molecule is CN=C(NCc1ccccc1S(=O)(=O)N(C)C)N1CC(C)OC(c2ccc(F)cc2)C1. The van der Waals surface area contributed by atoms with Crippen molar-refractivity contribution in [2.45, 2.75) is 30.6 Å². The zero-order valence-electron chi connectivity index (χ0n) is 18.2. The molecule has 0 bridgehead atoms. The van der Waals surface area contributed by atoms with Crippen molar-refractivity contribution in [2.24, 2.45) is 4.99 Å². The Balaban J connectivity index is 1.76. The third-order valence-electron chi connectivity index (χ3n) is 5.18. The summed E-state index contributed by atoms with van der Waals surface area (Å²) >= 11 is 0. The molecule has 1 saturated heterocycles. The third kappa shape index (κ3) is 5.41. The first-order chi connectivity index (χ1) is 14.7. The van der Waals surface area contributed by atoms with Gasteiger partial charge in [0.1, 0.15) is 11.9 Å². The highest BCUT2D eigenvalue weighted by Gasteiger charge is 2.29. The number of hydrogen-bond acceptors (Lipinski definition) is 4. The molecule has 168 valence electrons. The van der Waals surface area contributed by atoms with Gasteiger partial charge < -0.3 is 15.0 Å². The number of rotatable bonds is 5. The normalized spacial score (nSPS) is 20.2. The molecule has 0 radical (unpaired) electrons. The Morgan fingerprint density at radius 2 is 1.87 bits per heavy atom. The zero-order valence-corrected chi connectivity index (χ0v) is 19.1. The van der Waals surface area contributed by atoms with Crippen molar-refractivity contribution in [2.75, 3.05) is 34.2 Å². The Morgan fingerprint density at radius 1 is 1.19 bits per heavy atom.